The minimum atomic E-state index is -2.78. The van der Waals surface area contributed by atoms with E-state index in [4.69, 9.17) is 11.6 Å². The second kappa shape index (κ2) is 3.77. The van der Waals surface area contributed by atoms with Gasteiger partial charge in [-0.25, -0.2) is 0 Å². The maximum Gasteiger partial charge on any atom is 0.506 e. The SMILES string of the molecule is O=CC1C=CC=C(Cl)C1([N+](=O)[O-])[N+](=O)[O-]. The van der Waals surface area contributed by atoms with Crippen molar-refractivity contribution in [2.24, 2.45) is 5.92 Å². The van der Waals surface area contributed by atoms with Gasteiger partial charge in [-0.1, -0.05) is 23.8 Å². The summed E-state index contributed by atoms with van der Waals surface area (Å²) >= 11 is 5.47. The molecule has 0 bridgehead atoms. The van der Waals surface area contributed by atoms with Gasteiger partial charge in [0.05, 0.1) is 0 Å². The third-order valence-electron chi connectivity index (χ3n) is 2.08. The Kier molecular flexibility index (Phi) is 2.85. The minimum absolute atomic E-state index is 0.136. The highest BCUT2D eigenvalue weighted by molar-refractivity contribution is 6.30. The Morgan fingerprint density at radius 2 is 1.93 bits per heavy atom. The topological polar surface area (TPSA) is 103 Å². The zero-order chi connectivity index (χ0) is 11.6. The van der Waals surface area contributed by atoms with Crippen LogP contribution in [-0.4, -0.2) is 21.8 Å². The van der Waals surface area contributed by atoms with E-state index in [2.05, 4.69) is 0 Å². The quantitative estimate of drug-likeness (QED) is 0.309. The summed E-state index contributed by atoms with van der Waals surface area (Å²) in [6.07, 6.45) is 3.52. The summed E-state index contributed by atoms with van der Waals surface area (Å²) in [7, 11) is 0. The van der Waals surface area contributed by atoms with E-state index in [1.165, 1.54) is 6.08 Å². The highest BCUT2D eigenvalue weighted by atomic mass is 35.5. The standard InChI is InChI=1S/C7H5ClN2O5/c8-6-3-1-2-5(4-11)7(6,9(12)13)10(14)15/h1-5H. The van der Waals surface area contributed by atoms with Gasteiger partial charge in [-0.2, -0.15) is 0 Å². The average molecular weight is 233 g/mol. The number of hydrogen-bond acceptors (Lipinski definition) is 5. The predicted molar refractivity (Wildman–Crippen MR) is 49.3 cm³/mol. The van der Waals surface area contributed by atoms with Crippen LogP contribution in [0.4, 0.5) is 0 Å². The molecule has 0 radical (unpaired) electrons. The van der Waals surface area contributed by atoms with Crippen LogP contribution in [0.3, 0.4) is 0 Å². The Morgan fingerprint density at radius 3 is 2.27 bits per heavy atom. The molecule has 1 unspecified atom stereocenters. The normalized spacial score (nSPS) is 23.0. The minimum Gasteiger partial charge on any atom is -0.302 e. The van der Waals surface area contributed by atoms with Crippen LogP contribution in [0.1, 0.15) is 0 Å². The first-order valence-corrected chi connectivity index (χ1v) is 4.14. The summed E-state index contributed by atoms with van der Waals surface area (Å²) in [4.78, 5) is 29.8. The molecular weight excluding hydrogens is 228 g/mol. The van der Waals surface area contributed by atoms with Gasteiger partial charge in [0.2, 0.25) is 0 Å². The first kappa shape index (κ1) is 11.3. The van der Waals surface area contributed by atoms with Gasteiger partial charge >= 0.3 is 5.66 Å². The van der Waals surface area contributed by atoms with Gasteiger partial charge in [-0.3, -0.25) is 20.2 Å². The number of aldehydes is 1. The Morgan fingerprint density at radius 1 is 1.40 bits per heavy atom. The van der Waals surface area contributed by atoms with Crippen molar-refractivity contribution in [2.75, 3.05) is 0 Å². The molecule has 0 aromatic heterocycles. The number of allylic oxidation sites excluding steroid dienone is 2. The van der Waals surface area contributed by atoms with E-state index in [-0.39, 0.29) is 6.29 Å². The summed E-state index contributed by atoms with van der Waals surface area (Å²) in [5, 5.41) is 20.9. The molecule has 80 valence electrons. The van der Waals surface area contributed by atoms with E-state index in [1.54, 1.807) is 0 Å². The molecule has 0 heterocycles. The number of halogens is 1. The van der Waals surface area contributed by atoms with Gasteiger partial charge in [-0.15, -0.1) is 0 Å². The van der Waals surface area contributed by atoms with Crippen molar-refractivity contribution in [1.29, 1.82) is 0 Å². The summed E-state index contributed by atoms with van der Waals surface area (Å²) in [6.45, 7) is 0. The van der Waals surface area contributed by atoms with Crippen molar-refractivity contribution >= 4 is 17.9 Å². The lowest BCUT2D eigenvalue weighted by Gasteiger charge is -2.21. The number of rotatable bonds is 3. The Labute approximate surface area is 88.3 Å². The number of carbonyl (C=O) groups excluding carboxylic acids is 1. The van der Waals surface area contributed by atoms with Crippen LogP contribution in [-0.2, 0) is 4.79 Å². The van der Waals surface area contributed by atoms with Crippen LogP contribution in [0.2, 0.25) is 0 Å². The number of hydrogen-bond donors (Lipinski definition) is 0. The van der Waals surface area contributed by atoms with Crippen LogP contribution >= 0.6 is 11.6 Å². The lowest BCUT2D eigenvalue weighted by atomic mass is 9.90. The Balaban J connectivity index is 3.42. The van der Waals surface area contributed by atoms with Crippen molar-refractivity contribution in [1.82, 2.24) is 0 Å². The van der Waals surface area contributed by atoms with Crippen LogP contribution in [0.15, 0.2) is 23.3 Å². The third kappa shape index (κ3) is 1.40. The van der Waals surface area contributed by atoms with E-state index in [0.29, 0.717) is 0 Å². The Bertz CT molecular complexity index is 375. The Hall–Kier alpha value is -1.76. The molecule has 0 aliphatic heterocycles. The van der Waals surface area contributed by atoms with E-state index >= 15 is 0 Å². The summed E-state index contributed by atoms with van der Waals surface area (Å²) < 4.78 is 0. The van der Waals surface area contributed by atoms with Crippen LogP contribution < -0.4 is 0 Å². The lowest BCUT2D eigenvalue weighted by Crippen LogP contribution is -2.53. The fourth-order valence-electron chi connectivity index (χ4n) is 1.30. The highest BCUT2D eigenvalue weighted by Crippen LogP contribution is 2.35. The smallest absolute Gasteiger partial charge is 0.302 e. The first-order valence-electron chi connectivity index (χ1n) is 3.76. The van der Waals surface area contributed by atoms with E-state index in [0.717, 1.165) is 12.2 Å². The third-order valence-corrected chi connectivity index (χ3v) is 2.48. The molecule has 8 heteroatoms. The predicted octanol–water partition coefficient (Wildman–Crippen LogP) is 0.744. The maximum absolute atomic E-state index is 10.7. The van der Waals surface area contributed by atoms with E-state index < -0.39 is 26.5 Å². The lowest BCUT2D eigenvalue weighted by molar-refractivity contribution is -0.787. The summed E-state index contributed by atoms with van der Waals surface area (Å²) in [5.74, 6) is -1.50. The molecule has 0 aromatic rings. The molecule has 0 fully saturated rings. The molecule has 0 aromatic carbocycles. The van der Waals surface area contributed by atoms with Crippen molar-refractivity contribution < 1.29 is 14.6 Å². The monoisotopic (exact) mass is 232 g/mol. The van der Waals surface area contributed by atoms with Crippen LogP contribution in [0.25, 0.3) is 0 Å². The zero-order valence-electron chi connectivity index (χ0n) is 7.20. The molecule has 0 amide bonds. The molecule has 7 nitrogen and oxygen atoms in total. The van der Waals surface area contributed by atoms with Crippen molar-refractivity contribution in [3.63, 3.8) is 0 Å². The molecule has 1 aliphatic carbocycles. The van der Waals surface area contributed by atoms with E-state index in [1.807, 2.05) is 0 Å². The second-order valence-electron chi connectivity index (χ2n) is 2.80. The fourth-order valence-corrected chi connectivity index (χ4v) is 1.64. The van der Waals surface area contributed by atoms with Gasteiger partial charge < -0.3 is 4.79 Å². The van der Waals surface area contributed by atoms with E-state index in [9.17, 15) is 25.0 Å². The molecule has 1 aliphatic rings. The molecule has 15 heavy (non-hydrogen) atoms. The largest absolute Gasteiger partial charge is 0.506 e. The number of nitro groups is 2. The van der Waals surface area contributed by atoms with Gasteiger partial charge in [-0.05, 0) is 6.08 Å². The molecule has 0 saturated carbocycles. The first-order chi connectivity index (χ1) is 6.97. The van der Waals surface area contributed by atoms with Gasteiger partial charge in [0.25, 0.3) is 0 Å². The molecule has 0 spiro atoms. The molecule has 1 rings (SSSR count). The number of nitrogens with zero attached hydrogens (tertiary/aromatic N) is 2. The van der Waals surface area contributed by atoms with Gasteiger partial charge in [0, 0.05) is 0 Å². The molecule has 0 saturated heterocycles. The molecular formula is C7H5ClN2O5. The fraction of sp³-hybridized carbons (Fsp3) is 0.286. The van der Waals surface area contributed by atoms with Crippen molar-refractivity contribution in [2.45, 2.75) is 5.66 Å². The summed E-state index contributed by atoms with van der Waals surface area (Å²) in [5.41, 5.74) is -2.78. The molecule has 1 atom stereocenters. The van der Waals surface area contributed by atoms with Crippen molar-refractivity contribution in [3.8, 4) is 0 Å². The second-order valence-corrected chi connectivity index (χ2v) is 3.21. The maximum atomic E-state index is 10.7. The van der Waals surface area contributed by atoms with Gasteiger partial charge in [0.1, 0.15) is 16.1 Å². The van der Waals surface area contributed by atoms with Crippen molar-refractivity contribution in [3.05, 3.63) is 43.5 Å². The van der Waals surface area contributed by atoms with Crippen LogP contribution in [0.5, 0.6) is 0 Å². The molecule has 0 N–H and O–H groups in total. The highest BCUT2D eigenvalue weighted by Gasteiger charge is 2.66. The summed E-state index contributed by atoms with van der Waals surface area (Å²) in [6, 6.07) is 0. The number of carbonyl (C=O) groups is 1. The van der Waals surface area contributed by atoms with Gasteiger partial charge in [0.15, 0.2) is 11.0 Å². The average Bonchev–Trinajstić information content (AvgIpc) is 2.16. The zero-order valence-corrected chi connectivity index (χ0v) is 7.96. The van der Waals surface area contributed by atoms with Crippen LogP contribution in [0, 0.1) is 26.1 Å².